The van der Waals surface area contributed by atoms with Crippen molar-refractivity contribution >= 4 is 21.9 Å². The Morgan fingerprint density at radius 2 is 2.35 bits per heavy atom. The van der Waals surface area contributed by atoms with Gasteiger partial charge in [0, 0.05) is 6.54 Å². The van der Waals surface area contributed by atoms with E-state index in [9.17, 15) is 9.18 Å². The first-order valence-corrected chi connectivity index (χ1v) is 5.90. The van der Waals surface area contributed by atoms with Gasteiger partial charge in [0.1, 0.15) is 11.9 Å². The molecule has 2 N–H and O–H groups in total. The van der Waals surface area contributed by atoms with E-state index in [-0.39, 0.29) is 18.5 Å². The maximum atomic E-state index is 13.1. The molecule has 0 spiro atoms. The molecule has 0 bridgehead atoms. The molecule has 1 aromatic carbocycles. The molecule has 1 fully saturated rings. The summed E-state index contributed by atoms with van der Waals surface area (Å²) in [4.78, 5) is 10.7. The Kier molecular flexibility index (Phi) is 3.76. The van der Waals surface area contributed by atoms with Crippen molar-refractivity contribution in [3.8, 4) is 0 Å². The molecule has 0 aliphatic carbocycles. The van der Waals surface area contributed by atoms with Crippen molar-refractivity contribution in [3.63, 3.8) is 0 Å². The van der Waals surface area contributed by atoms with Gasteiger partial charge in [-0.15, -0.1) is 0 Å². The molecule has 0 amide bonds. The highest BCUT2D eigenvalue weighted by molar-refractivity contribution is 9.10. The second-order valence-corrected chi connectivity index (χ2v) is 4.65. The highest BCUT2D eigenvalue weighted by Gasteiger charge is 2.26. The number of hydrogen-bond donors (Lipinski definition) is 2. The van der Waals surface area contributed by atoms with E-state index in [0.29, 0.717) is 11.0 Å². The van der Waals surface area contributed by atoms with Crippen molar-refractivity contribution in [2.75, 3.05) is 13.2 Å². The van der Waals surface area contributed by atoms with Gasteiger partial charge in [0.15, 0.2) is 0 Å². The summed E-state index contributed by atoms with van der Waals surface area (Å²) in [7, 11) is 0. The summed E-state index contributed by atoms with van der Waals surface area (Å²) in [5.41, 5.74) is 0.814. The zero-order valence-corrected chi connectivity index (χ0v) is 10.4. The second-order valence-electron chi connectivity index (χ2n) is 3.79. The Morgan fingerprint density at radius 3 is 2.88 bits per heavy atom. The number of carbonyl (C=O) groups is 1. The first kappa shape index (κ1) is 12.5. The molecular weight excluding hydrogens is 293 g/mol. The van der Waals surface area contributed by atoms with Crippen LogP contribution in [0.15, 0.2) is 22.7 Å². The van der Waals surface area contributed by atoms with Crippen molar-refractivity contribution < 1.29 is 19.0 Å². The number of hydrogen-bond acceptors (Lipinski definition) is 3. The summed E-state index contributed by atoms with van der Waals surface area (Å²) < 4.78 is 18.9. The molecule has 2 atom stereocenters. The minimum Gasteiger partial charge on any atom is -0.480 e. The summed E-state index contributed by atoms with van der Waals surface area (Å²) in [6.45, 7) is 0.504. The van der Waals surface area contributed by atoms with Crippen molar-refractivity contribution in [2.24, 2.45) is 0 Å². The van der Waals surface area contributed by atoms with Crippen LogP contribution in [0.25, 0.3) is 0 Å². The number of nitrogens with one attached hydrogen (secondary N) is 1. The van der Waals surface area contributed by atoms with E-state index in [1.165, 1.54) is 6.07 Å². The van der Waals surface area contributed by atoms with E-state index < -0.39 is 12.0 Å². The average molecular weight is 304 g/mol. The van der Waals surface area contributed by atoms with Gasteiger partial charge >= 0.3 is 5.97 Å². The van der Waals surface area contributed by atoms with E-state index in [2.05, 4.69) is 21.2 Å². The number of ether oxygens (including phenoxy) is 1. The van der Waals surface area contributed by atoms with Crippen LogP contribution < -0.4 is 5.32 Å². The topological polar surface area (TPSA) is 58.6 Å². The molecule has 1 saturated heterocycles. The Labute approximate surface area is 106 Å². The summed E-state index contributed by atoms with van der Waals surface area (Å²) in [6.07, 6.45) is -0.248. The minimum absolute atomic E-state index is 0.106. The SMILES string of the molecule is O=C(O)C1COC(c2ccc(F)c(Br)c2)CN1. The standard InChI is InChI=1S/C11H11BrFNO3/c12-7-3-6(1-2-8(7)13)10-4-14-9(5-17-10)11(15)16/h1-3,9-10,14H,4-5H2,(H,15,16). The van der Waals surface area contributed by atoms with Crippen LogP contribution in [0.5, 0.6) is 0 Å². The first-order chi connectivity index (χ1) is 8.08. The predicted molar refractivity (Wildman–Crippen MR) is 62.2 cm³/mol. The average Bonchev–Trinajstić information content (AvgIpc) is 2.33. The van der Waals surface area contributed by atoms with Crippen LogP contribution in [-0.2, 0) is 9.53 Å². The van der Waals surface area contributed by atoms with E-state index in [1.54, 1.807) is 12.1 Å². The van der Waals surface area contributed by atoms with Crippen LogP contribution in [0.2, 0.25) is 0 Å². The van der Waals surface area contributed by atoms with Crippen molar-refractivity contribution in [2.45, 2.75) is 12.1 Å². The molecule has 0 radical (unpaired) electrons. The quantitative estimate of drug-likeness (QED) is 0.873. The van der Waals surface area contributed by atoms with Gasteiger partial charge in [0.25, 0.3) is 0 Å². The third kappa shape index (κ3) is 2.83. The van der Waals surface area contributed by atoms with Gasteiger partial charge in [-0.3, -0.25) is 10.1 Å². The number of rotatable bonds is 2. The lowest BCUT2D eigenvalue weighted by Gasteiger charge is -2.28. The van der Waals surface area contributed by atoms with Crippen LogP contribution in [0, 0.1) is 5.82 Å². The Balaban J connectivity index is 2.05. The highest BCUT2D eigenvalue weighted by Crippen LogP contribution is 2.25. The maximum Gasteiger partial charge on any atom is 0.323 e. The number of carboxylic acid groups (broad SMARTS) is 1. The number of morpholine rings is 1. The lowest BCUT2D eigenvalue weighted by atomic mass is 10.1. The van der Waals surface area contributed by atoms with Gasteiger partial charge in [-0.05, 0) is 33.6 Å². The third-order valence-electron chi connectivity index (χ3n) is 2.63. The maximum absolute atomic E-state index is 13.1. The zero-order chi connectivity index (χ0) is 12.4. The zero-order valence-electron chi connectivity index (χ0n) is 8.82. The molecule has 4 nitrogen and oxygen atoms in total. The number of aliphatic carboxylic acids is 1. The van der Waals surface area contributed by atoms with E-state index in [0.717, 1.165) is 5.56 Å². The number of halogens is 2. The summed E-state index contributed by atoms with van der Waals surface area (Å²) in [6, 6.07) is 3.96. The Morgan fingerprint density at radius 1 is 1.59 bits per heavy atom. The fraction of sp³-hybridized carbons (Fsp3) is 0.364. The van der Waals surface area contributed by atoms with E-state index >= 15 is 0 Å². The molecule has 1 aliphatic heterocycles. The molecule has 0 saturated carbocycles. The molecule has 17 heavy (non-hydrogen) atoms. The number of carboxylic acids is 1. The molecule has 6 heteroatoms. The normalized spacial score (nSPS) is 24.6. The summed E-state index contributed by atoms with van der Waals surface area (Å²) in [5, 5.41) is 11.6. The van der Waals surface area contributed by atoms with Gasteiger partial charge < -0.3 is 9.84 Å². The molecule has 1 heterocycles. The second kappa shape index (κ2) is 5.12. The molecule has 92 valence electrons. The highest BCUT2D eigenvalue weighted by atomic mass is 79.9. The van der Waals surface area contributed by atoms with E-state index in [4.69, 9.17) is 9.84 Å². The van der Waals surface area contributed by atoms with Crippen molar-refractivity contribution in [1.29, 1.82) is 0 Å². The van der Waals surface area contributed by atoms with Gasteiger partial charge in [0.05, 0.1) is 17.2 Å². The molecule has 1 aromatic rings. The molecule has 1 aliphatic rings. The third-order valence-corrected chi connectivity index (χ3v) is 3.23. The van der Waals surface area contributed by atoms with Gasteiger partial charge in [-0.25, -0.2) is 4.39 Å². The minimum atomic E-state index is -0.927. The molecule has 0 aromatic heterocycles. The van der Waals surface area contributed by atoms with Crippen LogP contribution in [-0.4, -0.2) is 30.3 Å². The fourth-order valence-electron chi connectivity index (χ4n) is 1.66. The monoisotopic (exact) mass is 303 g/mol. The van der Waals surface area contributed by atoms with Crippen molar-refractivity contribution in [1.82, 2.24) is 5.32 Å². The number of benzene rings is 1. The fourth-order valence-corrected chi connectivity index (χ4v) is 2.06. The van der Waals surface area contributed by atoms with E-state index in [1.807, 2.05) is 0 Å². The molecule has 2 rings (SSSR count). The van der Waals surface area contributed by atoms with Gasteiger partial charge in [-0.2, -0.15) is 0 Å². The first-order valence-electron chi connectivity index (χ1n) is 5.10. The van der Waals surface area contributed by atoms with Gasteiger partial charge in [0.2, 0.25) is 0 Å². The lowest BCUT2D eigenvalue weighted by molar-refractivity contribution is -0.144. The van der Waals surface area contributed by atoms with Crippen LogP contribution in [0.1, 0.15) is 11.7 Å². The van der Waals surface area contributed by atoms with Crippen LogP contribution in [0.3, 0.4) is 0 Å². The predicted octanol–water partition coefficient (Wildman–Crippen LogP) is 1.70. The lowest BCUT2D eigenvalue weighted by Crippen LogP contribution is -2.47. The summed E-state index contributed by atoms with van der Waals surface area (Å²) >= 11 is 3.10. The van der Waals surface area contributed by atoms with Crippen molar-refractivity contribution in [3.05, 3.63) is 34.1 Å². The smallest absolute Gasteiger partial charge is 0.323 e. The Bertz CT molecular complexity index is 433. The van der Waals surface area contributed by atoms with Crippen LogP contribution >= 0.6 is 15.9 Å². The molecule has 2 unspecified atom stereocenters. The largest absolute Gasteiger partial charge is 0.480 e. The van der Waals surface area contributed by atoms with Gasteiger partial charge in [-0.1, -0.05) is 6.07 Å². The Hall–Kier alpha value is -0.980. The molecular formula is C11H11BrFNO3. The summed E-state index contributed by atoms with van der Waals surface area (Å²) in [5.74, 6) is -1.26. The van der Waals surface area contributed by atoms with Crippen LogP contribution in [0.4, 0.5) is 4.39 Å².